The fraction of sp³-hybridized carbons (Fsp3) is 0.444. The van der Waals surface area contributed by atoms with Crippen molar-refractivity contribution in [2.24, 2.45) is 0 Å². The molecule has 0 saturated heterocycles. The average molecular weight is 283 g/mol. The molecule has 0 aliphatic carbocycles. The zero-order valence-corrected chi connectivity index (χ0v) is 13.7. The molecule has 0 bridgehead atoms. The van der Waals surface area contributed by atoms with Gasteiger partial charge in [0.1, 0.15) is 0 Å². The first-order valence-electron chi connectivity index (χ1n) is 7.62. The Morgan fingerprint density at radius 3 is 2.29 bits per heavy atom. The molecule has 0 radical (unpaired) electrons. The molecule has 0 fully saturated rings. The van der Waals surface area contributed by atoms with Gasteiger partial charge in [0.2, 0.25) is 0 Å². The second-order valence-electron chi connectivity index (χ2n) is 5.92. The Kier molecular flexibility index (Phi) is 5.07. The van der Waals surface area contributed by atoms with Crippen molar-refractivity contribution in [3.8, 4) is 11.4 Å². The van der Waals surface area contributed by atoms with Crippen LogP contribution in [0.2, 0.25) is 0 Å². The summed E-state index contributed by atoms with van der Waals surface area (Å²) in [4.78, 5) is 9.41. The van der Waals surface area contributed by atoms with Gasteiger partial charge in [-0.25, -0.2) is 9.97 Å². The summed E-state index contributed by atoms with van der Waals surface area (Å²) in [6, 6.07) is 8.86. The van der Waals surface area contributed by atoms with Crippen LogP contribution in [0.25, 0.3) is 11.4 Å². The van der Waals surface area contributed by atoms with Crippen LogP contribution in [0.1, 0.15) is 36.4 Å². The summed E-state index contributed by atoms with van der Waals surface area (Å²) in [6.07, 6.45) is 0.976. The number of hydrogen-bond donors (Lipinski definition) is 1. The Morgan fingerprint density at radius 2 is 1.71 bits per heavy atom. The lowest BCUT2D eigenvalue weighted by molar-refractivity contribution is 0.588. The Balaban J connectivity index is 2.24. The number of hydrogen-bond acceptors (Lipinski definition) is 3. The zero-order valence-electron chi connectivity index (χ0n) is 13.7. The van der Waals surface area contributed by atoms with Gasteiger partial charge in [-0.15, -0.1) is 0 Å². The van der Waals surface area contributed by atoms with E-state index >= 15 is 0 Å². The molecule has 0 aliphatic heterocycles. The van der Waals surface area contributed by atoms with Crippen molar-refractivity contribution < 1.29 is 0 Å². The lowest BCUT2D eigenvalue weighted by Crippen LogP contribution is -2.25. The minimum absolute atomic E-state index is 0.512. The van der Waals surface area contributed by atoms with Gasteiger partial charge in [-0.3, -0.25) is 0 Å². The number of aromatic nitrogens is 2. The van der Waals surface area contributed by atoms with E-state index < -0.39 is 0 Å². The first kappa shape index (κ1) is 15.6. The van der Waals surface area contributed by atoms with E-state index in [1.807, 2.05) is 0 Å². The average Bonchev–Trinajstić information content (AvgIpc) is 2.41. The molecule has 0 spiro atoms. The Labute approximate surface area is 127 Å². The molecule has 0 saturated carbocycles. The molecule has 0 unspecified atom stereocenters. The van der Waals surface area contributed by atoms with Crippen LogP contribution < -0.4 is 5.32 Å². The molecule has 1 aromatic carbocycles. The van der Waals surface area contributed by atoms with Crippen molar-refractivity contribution in [1.29, 1.82) is 0 Å². The molecule has 1 aromatic heterocycles. The molecule has 3 nitrogen and oxygen atoms in total. The van der Waals surface area contributed by atoms with Gasteiger partial charge in [-0.2, -0.15) is 0 Å². The van der Waals surface area contributed by atoms with Gasteiger partial charge in [0, 0.05) is 23.0 Å². The predicted octanol–water partition coefficient (Wildman–Crippen LogP) is 3.61. The van der Waals surface area contributed by atoms with Crippen LogP contribution in [0.3, 0.4) is 0 Å². The van der Waals surface area contributed by atoms with E-state index in [2.05, 4.69) is 64.2 Å². The van der Waals surface area contributed by atoms with Crippen molar-refractivity contribution in [1.82, 2.24) is 15.3 Å². The first-order chi connectivity index (χ1) is 9.97. The molecule has 0 aliphatic rings. The highest BCUT2D eigenvalue weighted by Crippen LogP contribution is 2.20. The summed E-state index contributed by atoms with van der Waals surface area (Å²) >= 11 is 0. The van der Waals surface area contributed by atoms with Gasteiger partial charge >= 0.3 is 0 Å². The highest BCUT2D eigenvalue weighted by atomic mass is 14.9. The van der Waals surface area contributed by atoms with Crippen LogP contribution in [-0.4, -0.2) is 22.6 Å². The summed E-state index contributed by atoms with van der Waals surface area (Å²) in [7, 11) is 0. The highest BCUT2D eigenvalue weighted by Gasteiger charge is 2.10. The zero-order chi connectivity index (χ0) is 15.4. The maximum Gasteiger partial charge on any atom is 0.159 e. The highest BCUT2D eigenvalue weighted by molar-refractivity contribution is 5.56. The molecule has 2 aromatic rings. The third-order valence-corrected chi connectivity index (χ3v) is 3.62. The van der Waals surface area contributed by atoms with Crippen molar-refractivity contribution in [3.05, 3.63) is 46.8 Å². The van der Waals surface area contributed by atoms with Crippen molar-refractivity contribution in [2.75, 3.05) is 6.54 Å². The number of benzene rings is 1. The molecular weight excluding hydrogens is 258 g/mol. The Morgan fingerprint density at radius 1 is 1.05 bits per heavy atom. The maximum absolute atomic E-state index is 4.70. The third kappa shape index (κ3) is 4.11. The van der Waals surface area contributed by atoms with Gasteiger partial charge in [-0.05, 0) is 45.4 Å². The molecule has 1 N–H and O–H groups in total. The summed E-state index contributed by atoms with van der Waals surface area (Å²) < 4.78 is 0. The smallest absolute Gasteiger partial charge is 0.159 e. The first-order valence-corrected chi connectivity index (χ1v) is 7.62. The van der Waals surface area contributed by atoms with Gasteiger partial charge in [0.25, 0.3) is 0 Å². The lowest BCUT2D eigenvalue weighted by atomic mass is 10.1. The van der Waals surface area contributed by atoms with Crippen LogP contribution in [0.4, 0.5) is 0 Å². The Bertz CT molecular complexity index is 595. The second-order valence-corrected chi connectivity index (χ2v) is 5.92. The molecule has 112 valence electrons. The molecule has 3 heteroatoms. The topological polar surface area (TPSA) is 37.8 Å². The Hall–Kier alpha value is -1.74. The fourth-order valence-electron chi connectivity index (χ4n) is 2.50. The molecule has 21 heavy (non-hydrogen) atoms. The number of aryl methyl sites for hydroxylation is 3. The number of nitrogens with zero attached hydrogens (tertiary/aromatic N) is 2. The molecule has 2 rings (SSSR count). The van der Waals surface area contributed by atoms with Crippen LogP contribution >= 0.6 is 0 Å². The van der Waals surface area contributed by atoms with Crippen LogP contribution in [0, 0.1) is 20.8 Å². The lowest BCUT2D eigenvalue weighted by Gasteiger charge is -2.13. The predicted molar refractivity (Wildman–Crippen MR) is 88.5 cm³/mol. The molecule has 0 amide bonds. The van der Waals surface area contributed by atoms with Gasteiger partial charge < -0.3 is 5.32 Å². The second kappa shape index (κ2) is 6.81. The maximum atomic E-state index is 4.70. The van der Waals surface area contributed by atoms with Crippen LogP contribution in [0.5, 0.6) is 0 Å². The largest absolute Gasteiger partial charge is 0.314 e. The summed E-state index contributed by atoms with van der Waals surface area (Å²) in [5, 5.41) is 3.45. The molecule has 0 atom stereocenters. The van der Waals surface area contributed by atoms with Crippen LogP contribution in [-0.2, 0) is 6.42 Å². The number of rotatable bonds is 5. The number of nitrogens with one attached hydrogen (secondary N) is 1. The summed E-state index contributed by atoms with van der Waals surface area (Å²) in [6.45, 7) is 11.5. The third-order valence-electron chi connectivity index (χ3n) is 3.62. The van der Waals surface area contributed by atoms with E-state index in [9.17, 15) is 0 Å². The molecular formula is C18H25N3. The summed E-state index contributed by atoms with van der Waals surface area (Å²) in [5.41, 5.74) is 5.76. The van der Waals surface area contributed by atoms with Crippen LogP contribution in [0.15, 0.2) is 24.3 Å². The normalized spacial score (nSPS) is 11.1. The SMILES string of the molecule is Cc1cccc(-c2nc(C)c(CCNC(C)C)c(C)n2)c1. The van der Waals surface area contributed by atoms with Crippen molar-refractivity contribution in [2.45, 2.75) is 47.1 Å². The minimum Gasteiger partial charge on any atom is -0.314 e. The van der Waals surface area contributed by atoms with E-state index in [1.165, 1.54) is 11.1 Å². The standard InChI is InChI=1S/C18H25N3/c1-12(2)19-10-9-17-14(4)20-18(21-15(17)5)16-8-6-7-13(3)11-16/h6-8,11-12,19H,9-10H2,1-5H3. The van der Waals surface area contributed by atoms with E-state index in [0.29, 0.717) is 6.04 Å². The quantitative estimate of drug-likeness (QED) is 0.911. The fourth-order valence-corrected chi connectivity index (χ4v) is 2.50. The van der Waals surface area contributed by atoms with Crippen molar-refractivity contribution in [3.63, 3.8) is 0 Å². The monoisotopic (exact) mass is 283 g/mol. The van der Waals surface area contributed by atoms with Crippen molar-refractivity contribution >= 4 is 0 Å². The van der Waals surface area contributed by atoms with E-state index in [-0.39, 0.29) is 0 Å². The van der Waals surface area contributed by atoms with E-state index in [4.69, 9.17) is 9.97 Å². The van der Waals surface area contributed by atoms with E-state index in [0.717, 1.165) is 35.7 Å². The summed E-state index contributed by atoms with van der Waals surface area (Å²) in [5.74, 6) is 0.828. The minimum atomic E-state index is 0.512. The van der Waals surface area contributed by atoms with E-state index in [1.54, 1.807) is 0 Å². The molecule has 1 heterocycles. The van der Waals surface area contributed by atoms with Gasteiger partial charge in [-0.1, -0.05) is 37.6 Å². The van der Waals surface area contributed by atoms with Gasteiger partial charge in [0.05, 0.1) is 0 Å². The van der Waals surface area contributed by atoms with Gasteiger partial charge in [0.15, 0.2) is 5.82 Å².